The van der Waals surface area contributed by atoms with Gasteiger partial charge in [-0.1, -0.05) is 19.9 Å². The molecule has 17 heavy (non-hydrogen) atoms. The van der Waals surface area contributed by atoms with Crippen molar-refractivity contribution >= 4 is 17.2 Å². The SMILES string of the molecule is Cc1ccc(Oc2nc(C(C)C)ns2)c(N)c1. The highest BCUT2D eigenvalue weighted by Crippen LogP contribution is 2.29. The second-order valence-electron chi connectivity index (χ2n) is 4.22. The van der Waals surface area contributed by atoms with Gasteiger partial charge < -0.3 is 10.5 Å². The third-order valence-electron chi connectivity index (χ3n) is 2.30. The van der Waals surface area contributed by atoms with Crippen LogP contribution >= 0.6 is 11.5 Å². The lowest BCUT2D eigenvalue weighted by Gasteiger charge is -2.05. The quantitative estimate of drug-likeness (QED) is 0.847. The summed E-state index contributed by atoms with van der Waals surface area (Å²) in [5.41, 5.74) is 7.59. The van der Waals surface area contributed by atoms with Crippen molar-refractivity contribution in [2.75, 3.05) is 5.73 Å². The molecule has 0 atom stereocenters. The minimum atomic E-state index is 0.305. The summed E-state index contributed by atoms with van der Waals surface area (Å²) in [6.07, 6.45) is 0. The van der Waals surface area contributed by atoms with Gasteiger partial charge in [-0.25, -0.2) is 0 Å². The van der Waals surface area contributed by atoms with Crippen LogP contribution in [0.2, 0.25) is 0 Å². The van der Waals surface area contributed by atoms with Crippen molar-refractivity contribution in [3.05, 3.63) is 29.6 Å². The Morgan fingerprint density at radius 2 is 2.12 bits per heavy atom. The summed E-state index contributed by atoms with van der Waals surface area (Å²) in [6.45, 7) is 6.08. The molecular formula is C12H15N3OS. The Morgan fingerprint density at radius 3 is 2.71 bits per heavy atom. The molecule has 0 unspecified atom stereocenters. The van der Waals surface area contributed by atoms with Crippen LogP contribution in [0.3, 0.4) is 0 Å². The predicted molar refractivity (Wildman–Crippen MR) is 69.7 cm³/mol. The molecule has 1 heterocycles. The van der Waals surface area contributed by atoms with Gasteiger partial charge in [-0.3, -0.25) is 0 Å². The Hall–Kier alpha value is -1.62. The number of hydrogen-bond donors (Lipinski definition) is 1. The fraction of sp³-hybridized carbons (Fsp3) is 0.333. The topological polar surface area (TPSA) is 61.0 Å². The Labute approximate surface area is 105 Å². The molecule has 1 aromatic heterocycles. The normalized spacial score (nSPS) is 10.8. The molecule has 0 bridgehead atoms. The van der Waals surface area contributed by atoms with Gasteiger partial charge in [0.15, 0.2) is 5.75 Å². The number of aromatic nitrogens is 2. The molecular weight excluding hydrogens is 234 g/mol. The average molecular weight is 249 g/mol. The summed E-state index contributed by atoms with van der Waals surface area (Å²) in [7, 11) is 0. The monoisotopic (exact) mass is 249 g/mol. The minimum absolute atomic E-state index is 0.305. The molecule has 2 N–H and O–H groups in total. The molecule has 90 valence electrons. The molecule has 2 rings (SSSR count). The van der Waals surface area contributed by atoms with Crippen molar-refractivity contribution < 1.29 is 4.74 Å². The number of nitrogens with zero attached hydrogens (tertiary/aromatic N) is 2. The van der Waals surface area contributed by atoms with Crippen LogP contribution in [0, 0.1) is 6.92 Å². The average Bonchev–Trinajstić information content (AvgIpc) is 2.71. The van der Waals surface area contributed by atoms with E-state index in [0.717, 1.165) is 11.4 Å². The minimum Gasteiger partial charge on any atom is -0.428 e. The van der Waals surface area contributed by atoms with Crippen molar-refractivity contribution in [3.8, 4) is 10.9 Å². The van der Waals surface area contributed by atoms with Crippen molar-refractivity contribution in [2.24, 2.45) is 0 Å². The lowest BCUT2D eigenvalue weighted by Crippen LogP contribution is -1.93. The van der Waals surface area contributed by atoms with Crippen LogP contribution in [-0.2, 0) is 0 Å². The first-order valence-electron chi connectivity index (χ1n) is 5.44. The first-order chi connectivity index (χ1) is 8.06. The van der Waals surface area contributed by atoms with E-state index in [2.05, 4.69) is 9.36 Å². The summed E-state index contributed by atoms with van der Waals surface area (Å²) >= 11 is 1.25. The Kier molecular flexibility index (Phi) is 3.28. The van der Waals surface area contributed by atoms with E-state index in [9.17, 15) is 0 Å². The van der Waals surface area contributed by atoms with Gasteiger partial charge in [-0.15, -0.1) is 0 Å². The number of rotatable bonds is 3. The number of aryl methyl sites for hydroxylation is 1. The van der Waals surface area contributed by atoms with E-state index in [1.54, 1.807) is 0 Å². The van der Waals surface area contributed by atoms with Crippen molar-refractivity contribution in [2.45, 2.75) is 26.7 Å². The van der Waals surface area contributed by atoms with Crippen LogP contribution < -0.4 is 10.5 Å². The highest BCUT2D eigenvalue weighted by molar-refractivity contribution is 7.07. The van der Waals surface area contributed by atoms with Crippen LogP contribution in [0.5, 0.6) is 10.9 Å². The summed E-state index contributed by atoms with van der Waals surface area (Å²) in [6, 6.07) is 5.68. The van der Waals surface area contributed by atoms with Crippen LogP contribution in [0.25, 0.3) is 0 Å². The zero-order valence-electron chi connectivity index (χ0n) is 10.1. The van der Waals surface area contributed by atoms with E-state index >= 15 is 0 Å². The van der Waals surface area contributed by atoms with Crippen LogP contribution in [0.15, 0.2) is 18.2 Å². The zero-order chi connectivity index (χ0) is 12.4. The second kappa shape index (κ2) is 4.71. The van der Waals surface area contributed by atoms with E-state index in [1.807, 2.05) is 39.0 Å². The summed E-state index contributed by atoms with van der Waals surface area (Å²) in [5.74, 6) is 1.73. The molecule has 0 aliphatic heterocycles. The molecule has 4 nitrogen and oxygen atoms in total. The third-order valence-corrected chi connectivity index (χ3v) is 2.91. The van der Waals surface area contributed by atoms with Crippen molar-refractivity contribution in [1.82, 2.24) is 9.36 Å². The van der Waals surface area contributed by atoms with E-state index in [-0.39, 0.29) is 0 Å². The van der Waals surface area contributed by atoms with Crippen LogP contribution in [-0.4, -0.2) is 9.36 Å². The number of ether oxygens (including phenoxy) is 1. The molecule has 2 aromatic rings. The molecule has 0 fully saturated rings. The van der Waals surface area contributed by atoms with Gasteiger partial charge in [0.2, 0.25) is 0 Å². The summed E-state index contributed by atoms with van der Waals surface area (Å²) < 4.78 is 9.84. The van der Waals surface area contributed by atoms with Gasteiger partial charge in [-0.05, 0) is 24.6 Å². The Morgan fingerprint density at radius 1 is 1.35 bits per heavy atom. The van der Waals surface area contributed by atoms with Gasteiger partial charge in [0, 0.05) is 17.5 Å². The first kappa shape index (κ1) is 11.9. The number of benzene rings is 1. The molecule has 0 spiro atoms. The van der Waals surface area contributed by atoms with Gasteiger partial charge >= 0.3 is 0 Å². The van der Waals surface area contributed by atoms with Crippen LogP contribution in [0.1, 0.15) is 31.2 Å². The van der Waals surface area contributed by atoms with Gasteiger partial charge in [-0.2, -0.15) is 9.36 Å². The van der Waals surface area contributed by atoms with Gasteiger partial charge in [0.05, 0.1) is 5.69 Å². The molecule has 0 saturated heterocycles. The second-order valence-corrected chi connectivity index (χ2v) is 4.93. The van der Waals surface area contributed by atoms with Crippen molar-refractivity contribution in [1.29, 1.82) is 0 Å². The lowest BCUT2D eigenvalue weighted by molar-refractivity contribution is 0.478. The molecule has 0 aliphatic carbocycles. The Balaban J connectivity index is 2.19. The van der Waals surface area contributed by atoms with Gasteiger partial charge in [0.25, 0.3) is 5.19 Å². The number of nitrogens with two attached hydrogens (primary N) is 1. The third kappa shape index (κ3) is 2.74. The Bertz CT molecular complexity index is 522. The van der Waals surface area contributed by atoms with Crippen LogP contribution in [0.4, 0.5) is 5.69 Å². The smallest absolute Gasteiger partial charge is 0.298 e. The predicted octanol–water partition coefficient (Wildman–Crippen LogP) is 3.34. The molecule has 0 saturated carbocycles. The van der Waals surface area contributed by atoms with Gasteiger partial charge in [0.1, 0.15) is 5.82 Å². The number of hydrogen-bond acceptors (Lipinski definition) is 5. The molecule has 0 aliphatic rings. The first-order valence-corrected chi connectivity index (χ1v) is 6.21. The molecule has 5 heteroatoms. The molecule has 1 aromatic carbocycles. The maximum atomic E-state index is 5.87. The van der Waals surface area contributed by atoms with E-state index in [1.165, 1.54) is 11.5 Å². The van der Waals surface area contributed by atoms with E-state index < -0.39 is 0 Å². The highest BCUT2D eigenvalue weighted by atomic mass is 32.1. The molecule has 0 radical (unpaired) electrons. The largest absolute Gasteiger partial charge is 0.428 e. The van der Waals surface area contributed by atoms with Crippen molar-refractivity contribution in [3.63, 3.8) is 0 Å². The summed E-state index contributed by atoms with van der Waals surface area (Å²) in [5, 5.41) is 0.532. The maximum Gasteiger partial charge on any atom is 0.298 e. The fourth-order valence-electron chi connectivity index (χ4n) is 1.35. The number of anilines is 1. The van der Waals surface area contributed by atoms with E-state index in [0.29, 0.717) is 22.5 Å². The lowest BCUT2D eigenvalue weighted by atomic mass is 10.2. The fourth-order valence-corrected chi connectivity index (χ4v) is 2.04. The molecule has 0 amide bonds. The zero-order valence-corrected chi connectivity index (χ0v) is 10.9. The highest BCUT2D eigenvalue weighted by Gasteiger charge is 2.10. The maximum absolute atomic E-state index is 5.87. The standard InChI is InChI=1S/C12H15N3OS/c1-7(2)11-14-12(17-15-11)16-10-5-4-8(3)6-9(10)13/h4-7H,13H2,1-3H3. The number of nitrogen functional groups attached to an aromatic ring is 1. The van der Waals surface area contributed by atoms with E-state index in [4.69, 9.17) is 10.5 Å². The summed E-state index contributed by atoms with van der Waals surface area (Å²) in [4.78, 5) is 4.30.